The molecule has 1 heterocycles. The molecular weight excluding hydrogens is 190 g/mol. The van der Waals surface area contributed by atoms with Crippen LogP contribution in [0.2, 0.25) is 0 Å². The summed E-state index contributed by atoms with van der Waals surface area (Å²) >= 11 is 0. The van der Waals surface area contributed by atoms with Crippen molar-refractivity contribution in [1.29, 1.82) is 0 Å². The standard InChI is InChI=1S/C10H17N5/c1-11-6-9-12-13-14-15(9)7-10(4-5-10)8-2-3-8/h8,11H,2-7H2,1H3. The van der Waals surface area contributed by atoms with Crippen LogP contribution in [0.1, 0.15) is 31.5 Å². The van der Waals surface area contributed by atoms with Gasteiger partial charge >= 0.3 is 0 Å². The van der Waals surface area contributed by atoms with Crippen molar-refractivity contribution in [3.63, 3.8) is 0 Å². The smallest absolute Gasteiger partial charge is 0.165 e. The Morgan fingerprint density at radius 1 is 1.47 bits per heavy atom. The largest absolute Gasteiger partial charge is 0.313 e. The molecular formula is C10H17N5. The molecule has 2 saturated carbocycles. The minimum atomic E-state index is 0.567. The summed E-state index contributed by atoms with van der Waals surface area (Å²) in [4.78, 5) is 0. The summed E-state index contributed by atoms with van der Waals surface area (Å²) in [6.07, 6.45) is 5.58. The topological polar surface area (TPSA) is 55.6 Å². The Bertz CT molecular complexity index is 350. The lowest BCUT2D eigenvalue weighted by molar-refractivity contribution is 0.338. The predicted molar refractivity (Wildman–Crippen MR) is 55.0 cm³/mol. The highest BCUT2D eigenvalue weighted by molar-refractivity contribution is 5.04. The third-order valence-electron chi connectivity index (χ3n) is 3.74. The van der Waals surface area contributed by atoms with E-state index in [2.05, 4.69) is 20.8 Å². The molecule has 82 valence electrons. The van der Waals surface area contributed by atoms with Gasteiger partial charge in [0, 0.05) is 0 Å². The molecule has 2 fully saturated rings. The van der Waals surface area contributed by atoms with Crippen molar-refractivity contribution in [2.75, 3.05) is 7.05 Å². The molecule has 0 spiro atoms. The van der Waals surface area contributed by atoms with Gasteiger partial charge in [-0.1, -0.05) is 0 Å². The average molecular weight is 207 g/mol. The molecule has 1 aromatic heterocycles. The van der Waals surface area contributed by atoms with E-state index in [0.717, 1.165) is 24.8 Å². The van der Waals surface area contributed by atoms with Gasteiger partial charge in [-0.2, -0.15) is 0 Å². The number of aromatic nitrogens is 4. The monoisotopic (exact) mass is 207 g/mol. The average Bonchev–Trinajstić information content (AvgIpc) is 3.09. The summed E-state index contributed by atoms with van der Waals surface area (Å²) in [5.74, 6) is 1.92. The number of rotatable bonds is 5. The Labute approximate surface area is 89.2 Å². The molecule has 5 heteroatoms. The van der Waals surface area contributed by atoms with Gasteiger partial charge in [0.15, 0.2) is 5.82 Å². The molecule has 0 radical (unpaired) electrons. The Balaban J connectivity index is 1.73. The van der Waals surface area contributed by atoms with Gasteiger partial charge in [0.25, 0.3) is 0 Å². The molecule has 1 aromatic rings. The summed E-state index contributed by atoms with van der Waals surface area (Å²) < 4.78 is 1.99. The highest BCUT2D eigenvalue weighted by Gasteiger charge is 2.54. The van der Waals surface area contributed by atoms with Crippen molar-refractivity contribution in [2.45, 2.75) is 38.8 Å². The van der Waals surface area contributed by atoms with Crippen LogP contribution >= 0.6 is 0 Å². The fourth-order valence-corrected chi connectivity index (χ4v) is 2.48. The van der Waals surface area contributed by atoms with Crippen LogP contribution in [0.3, 0.4) is 0 Å². The molecule has 0 saturated heterocycles. The van der Waals surface area contributed by atoms with Crippen molar-refractivity contribution in [2.24, 2.45) is 11.3 Å². The van der Waals surface area contributed by atoms with Gasteiger partial charge in [-0.15, -0.1) is 5.10 Å². The summed E-state index contributed by atoms with van der Waals surface area (Å²) in [6, 6.07) is 0. The third kappa shape index (κ3) is 1.65. The number of hydrogen-bond acceptors (Lipinski definition) is 4. The first-order chi connectivity index (χ1) is 7.34. The Morgan fingerprint density at radius 2 is 2.27 bits per heavy atom. The van der Waals surface area contributed by atoms with Gasteiger partial charge < -0.3 is 5.32 Å². The summed E-state index contributed by atoms with van der Waals surface area (Å²) in [5, 5.41) is 15.0. The van der Waals surface area contributed by atoms with Crippen LogP contribution in [0.25, 0.3) is 0 Å². The zero-order chi connectivity index (χ0) is 10.3. The first kappa shape index (κ1) is 9.27. The minimum Gasteiger partial charge on any atom is -0.313 e. The summed E-state index contributed by atoms with van der Waals surface area (Å²) in [6.45, 7) is 1.79. The fourth-order valence-electron chi connectivity index (χ4n) is 2.48. The zero-order valence-corrected chi connectivity index (χ0v) is 9.11. The SMILES string of the molecule is CNCc1nnnn1CC1(C2CC2)CC1. The highest BCUT2D eigenvalue weighted by Crippen LogP contribution is 2.62. The van der Waals surface area contributed by atoms with Crippen LogP contribution < -0.4 is 5.32 Å². The Morgan fingerprint density at radius 3 is 2.87 bits per heavy atom. The lowest BCUT2D eigenvalue weighted by Crippen LogP contribution is -2.19. The van der Waals surface area contributed by atoms with E-state index in [9.17, 15) is 0 Å². The molecule has 0 amide bonds. The molecule has 0 aromatic carbocycles. The van der Waals surface area contributed by atoms with Crippen molar-refractivity contribution < 1.29 is 0 Å². The van der Waals surface area contributed by atoms with Crippen LogP contribution in [0.5, 0.6) is 0 Å². The van der Waals surface area contributed by atoms with E-state index >= 15 is 0 Å². The maximum atomic E-state index is 4.09. The quantitative estimate of drug-likeness (QED) is 0.767. The molecule has 0 atom stereocenters. The van der Waals surface area contributed by atoms with Gasteiger partial charge in [0.1, 0.15) is 0 Å². The number of nitrogens with zero attached hydrogens (tertiary/aromatic N) is 4. The molecule has 0 aliphatic heterocycles. The van der Waals surface area contributed by atoms with Crippen LogP contribution in [-0.4, -0.2) is 27.3 Å². The van der Waals surface area contributed by atoms with E-state index in [0.29, 0.717) is 5.41 Å². The van der Waals surface area contributed by atoms with Crippen LogP contribution in [0.4, 0.5) is 0 Å². The molecule has 2 aliphatic carbocycles. The maximum Gasteiger partial charge on any atom is 0.165 e. The van der Waals surface area contributed by atoms with E-state index in [1.54, 1.807) is 0 Å². The van der Waals surface area contributed by atoms with E-state index in [4.69, 9.17) is 0 Å². The van der Waals surface area contributed by atoms with E-state index < -0.39 is 0 Å². The molecule has 3 rings (SSSR count). The fraction of sp³-hybridized carbons (Fsp3) is 0.900. The third-order valence-corrected chi connectivity index (χ3v) is 3.74. The number of tetrazole rings is 1. The highest BCUT2D eigenvalue weighted by atomic mass is 15.5. The molecule has 0 unspecified atom stereocenters. The van der Waals surface area contributed by atoms with Gasteiger partial charge in [0.05, 0.1) is 13.1 Å². The summed E-state index contributed by atoms with van der Waals surface area (Å²) in [7, 11) is 1.92. The Hall–Kier alpha value is -0.970. The van der Waals surface area contributed by atoms with Crippen molar-refractivity contribution >= 4 is 0 Å². The molecule has 15 heavy (non-hydrogen) atoms. The van der Waals surface area contributed by atoms with Crippen molar-refractivity contribution in [3.8, 4) is 0 Å². The minimum absolute atomic E-state index is 0.567. The van der Waals surface area contributed by atoms with E-state index in [1.807, 2.05) is 11.7 Å². The second-order valence-electron chi connectivity index (χ2n) is 4.92. The van der Waals surface area contributed by atoms with E-state index in [1.165, 1.54) is 25.7 Å². The second-order valence-corrected chi connectivity index (χ2v) is 4.92. The summed E-state index contributed by atoms with van der Waals surface area (Å²) in [5.41, 5.74) is 0.567. The molecule has 2 aliphatic rings. The van der Waals surface area contributed by atoms with Gasteiger partial charge in [-0.25, -0.2) is 4.68 Å². The predicted octanol–water partition coefficient (Wildman–Crippen LogP) is 0.583. The van der Waals surface area contributed by atoms with Gasteiger partial charge in [-0.3, -0.25) is 0 Å². The normalized spacial score (nSPS) is 23.0. The number of hydrogen-bond donors (Lipinski definition) is 1. The van der Waals surface area contributed by atoms with Gasteiger partial charge in [-0.05, 0) is 54.5 Å². The maximum absolute atomic E-state index is 4.09. The molecule has 1 N–H and O–H groups in total. The lowest BCUT2D eigenvalue weighted by Gasteiger charge is -2.14. The number of nitrogens with one attached hydrogen (secondary N) is 1. The van der Waals surface area contributed by atoms with Crippen LogP contribution in [-0.2, 0) is 13.1 Å². The van der Waals surface area contributed by atoms with E-state index in [-0.39, 0.29) is 0 Å². The van der Waals surface area contributed by atoms with Crippen molar-refractivity contribution in [3.05, 3.63) is 5.82 Å². The first-order valence-electron chi connectivity index (χ1n) is 5.74. The first-order valence-corrected chi connectivity index (χ1v) is 5.74. The van der Waals surface area contributed by atoms with Crippen LogP contribution in [0.15, 0.2) is 0 Å². The van der Waals surface area contributed by atoms with Gasteiger partial charge in [0.2, 0.25) is 0 Å². The second kappa shape index (κ2) is 3.27. The molecule has 0 bridgehead atoms. The van der Waals surface area contributed by atoms with Crippen molar-refractivity contribution in [1.82, 2.24) is 25.5 Å². The zero-order valence-electron chi connectivity index (χ0n) is 9.11. The lowest BCUT2D eigenvalue weighted by atomic mass is 10.0. The van der Waals surface area contributed by atoms with Crippen LogP contribution in [0, 0.1) is 11.3 Å². The Kier molecular flexibility index (Phi) is 2.02. The molecule has 5 nitrogen and oxygen atoms in total.